The molecule has 0 aromatic carbocycles. The van der Waals surface area contributed by atoms with E-state index >= 15 is 0 Å². The number of hydrogen-bond donors (Lipinski definition) is 0. The molecule has 1 aliphatic carbocycles. The normalized spacial score (nSPS) is 13.7. The highest BCUT2D eigenvalue weighted by Gasteiger charge is 2.25. The highest BCUT2D eigenvalue weighted by molar-refractivity contribution is 5.63. The lowest BCUT2D eigenvalue weighted by Gasteiger charge is -2.09. The Kier molecular flexibility index (Phi) is 4.88. The maximum atomic E-state index is 5.00. The van der Waals surface area contributed by atoms with Crippen molar-refractivity contribution in [1.82, 2.24) is 34.5 Å². The summed E-state index contributed by atoms with van der Waals surface area (Å²) in [6, 6.07) is 8.23. The van der Waals surface area contributed by atoms with Crippen molar-refractivity contribution in [3.8, 4) is 17.1 Å². The molecule has 0 atom stereocenters. The lowest BCUT2D eigenvalue weighted by atomic mass is 10.1. The summed E-state index contributed by atoms with van der Waals surface area (Å²) in [5.41, 5.74) is 8.49. The lowest BCUT2D eigenvalue weighted by Crippen LogP contribution is -2.10. The Balaban J connectivity index is 1.51. The molecule has 1 fully saturated rings. The van der Waals surface area contributed by atoms with Gasteiger partial charge in [-0.3, -0.25) is 9.67 Å². The van der Waals surface area contributed by atoms with E-state index in [4.69, 9.17) is 5.10 Å². The fraction of sp³-hybridized carbons (Fsp3) is 0.375. The summed E-state index contributed by atoms with van der Waals surface area (Å²) in [6.07, 6.45) is 6.83. The van der Waals surface area contributed by atoms with Gasteiger partial charge in [-0.1, -0.05) is 0 Å². The molecule has 0 bridgehead atoms. The van der Waals surface area contributed by atoms with Crippen molar-refractivity contribution < 1.29 is 0 Å². The second-order valence-electron chi connectivity index (χ2n) is 8.62. The van der Waals surface area contributed by atoms with Crippen LogP contribution in [0.25, 0.3) is 17.1 Å². The molecule has 0 saturated heterocycles. The Labute approximate surface area is 182 Å². The third-order valence-electron chi connectivity index (χ3n) is 5.92. The van der Waals surface area contributed by atoms with E-state index in [1.165, 1.54) is 24.1 Å². The van der Waals surface area contributed by atoms with E-state index in [0.717, 1.165) is 52.3 Å². The first-order valence-corrected chi connectivity index (χ1v) is 10.8. The number of rotatable bonds is 6. The summed E-state index contributed by atoms with van der Waals surface area (Å²) in [7, 11) is 0. The predicted molar refractivity (Wildman–Crippen MR) is 119 cm³/mol. The molecule has 0 radical (unpaired) electrons. The topological polar surface area (TPSA) is 74.3 Å². The largest absolute Gasteiger partial charge is 0.268 e. The zero-order valence-corrected chi connectivity index (χ0v) is 18.5. The second kappa shape index (κ2) is 7.72. The van der Waals surface area contributed by atoms with Crippen molar-refractivity contribution >= 4 is 0 Å². The van der Waals surface area contributed by atoms with E-state index in [0.29, 0.717) is 6.42 Å². The number of aryl methyl sites for hydroxylation is 3. The first-order valence-electron chi connectivity index (χ1n) is 10.8. The Bertz CT molecular complexity index is 1230. The van der Waals surface area contributed by atoms with Gasteiger partial charge in [-0.25, -0.2) is 14.6 Å². The van der Waals surface area contributed by atoms with Gasteiger partial charge in [-0.15, -0.1) is 0 Å². The van der Waals surface area contributed by atoms with Crippen molar-refractivity contribution in [3.05, 3.63) is 70.8 Å². The van der Waals surface area contributed by atoms with Crippen molar-refractivity contribution in [3.63, 3.8) is 0 Å². The molecule has 0 amide bonds. The van der Waals surface area contributed by atoms with Crippen LogP contribution in [0.3, 0.4) is 0 Å². The monoisotopic (exact) mass is 413 g/mol. The highest BCUT2D eigenvalue weighted by atomic mass is 15.3. The van der Waals surface area contributed by atoms with Crippen LogP contribution in [-0.4, -0.2) is 34.5 Å². The van der Waals surface area contributed by atoms with Crippen molar-refractivity contribution in [2.24, 2.45) is 5.92 Å². The quantitative estimate of drug-likeness (QED) is 0.475. The van der Waals surface area contributed by atoms with Crippen LogP contribution in [0.2, 0.25) is 0 Å². The van der Waals surface area contributed by atoms with E-state index in [-0.39, 0.29) is 0 Å². The Morgan fingerprint density at radius 3 is 2.45 bits per heavy atom. The molecule has 1 saturated carbocycles. The minimum atomic E-state index is 0.708. The van der Waals surface area contributed by atoms with Gasteiger partial charge in [0.05, 0.1) is 17.1 Å². The highest BCUT2D eigenvalue weighted by Crippen LogP contribution is 2.33. The second-order valence-corrected chi connectivity index (χ2v) is 8.62. The first-order chi connectivity index (χ1) is 15.0. The van der Waals surface area contributed by atoms with Crippen molar-refractivity contribution in [2.45, 2.75) is 53.5 Å². The SMILES string of the molecule is Cc1ccc(-c2nn(CC3CC3)c(Cc3cc(-n4nc(C)cc4C)ncn3)c2C)cn1. The van der Waals surface area contributed by atoms with E-state index < -0.39 is 0 Å². The Hall–Kier alpha value is -3.35. The first kappa shape index (κ1) is 19.6. The maximum absolute atomic E-state index is 5.00. The van der Waals surface area contributed by atoms with Crippen LogP contribution in [0, 0.1) is 33.6 Å². The van der Waals surface area contributed by atoms with Crippen LogP contribution < -0.4 is 0 Å². The van der Waals surface area contributed by atoms with Crippen molar-refractivity contribution in [2.75, 3.05) is 0 Å². The van der Waals surface area contributed by atoms with Crippen LogP contribution in [0.15, 0.2) is 36.8 Å². The molecule has 0 N–H and O–H groups in total. The molecule has 7 nitrogen and oxygen atoms in total. The molecule has 7 heteroatoms. The zero-order chi connectivity index (χ0) is 21.5. The molecular weight excluding hydrogens is 386 g/mol. The van der Waals surface area contributed by atoms with Crippen molar-refractivity contribution in [1.29, 1.82) is 0 Å². The van der Waals surface area contributed by atoms with Crippen LogP contribution in [0.5, 0.6) is 0 Å². The molecule has 4 aromatic heterocycles. The van der Waals surface area contributed by atoms with Gasteiger partial charge in [0.2, 0.25) is 0 Å². The molecule has 5 rings (SSSR count). The standard InChI is InChI=1S/C24H27N7/c1-15-5-8-20(12-25-15)24-18(4)22(30(29-24)13-19-6-7-19)10-21-11-23(27-14-26-21)31-17(3)9-16(2)28-31/h5,8-9,11-12,14,19H,6-7,10,13H2,1-4H3. The molecule has 1 aliphatic rings. The average Bonchev–Trinajstić information content (AvgIpc) is 3.44. The molecule has 4 aromatic rings. The number of nitrogens with zero attached hydrogens (tertiary/aromatic N) is 7. The smallest absolute Gasteiger partial charge is 0.157 e. The summed E-state index contributed by atoms with van der Waals surface area (Å²) in [5, 5.41) is 9.56. The Morgan fingerprint density at radius 1 is 0.935 bits per heavy atom. The maximum Gasteiger partial charge on any atom is 0.157 e. The Morgan fingerprint density at radius 2 is 1.77 bits per heavy atom. The molecule has 4 heterocycles. The molecule has 0 spiro atoms. The van der Waals surface area contributed by atoms with E-state index in [2.05, 4.69) is 43.8 Å². The minimum Gasteiger partial charge on any atom is -0.268 e. The van der Waals surface area contributed by atoms with Crippen LogP contribution in [0.1, 0.15) is 46.9 Å². The third-order valence-corrected chi connectivity index (χ3v) is 5.92. The molecule has 31 heavy (non-hydrogen) atoms. The predicted octanol–water partition coefficient (Wildman–Crippen LogP) is 4.16. The summed E-state index contributed by atoms with van der Waals surface area (Å²) in [4.78, 5) is 13.5. The summed E-state index contributed by atoms with van der Waals surface area (Å²) < 4.78 is 4.06. The third kappa shape index (κ3) is 4.00. The fourth-order valence-corrected chi connectivity index (χ4v) is 4.02. The van der Waals surface area contributed by atoms with E-state index in [9.17, 15) is 0 Å². The minimum absolute atomic E-state index is 0.708. The zero-order valence-electron chi connectivity index (χ0n) is 18.5. The fourth-order valence-electron chi connectivity index (χ4n) is 4.02. The van der Waals surface area contributed by atoms with Gasteiger partial charge < -0.3 is 0 Å². The average molecular weight is 414 g/mol. The number of aromatic nitrogens is 7. The summed E-state index contributed by atoms with van der Waals surface area (Å²) in [5.74, 6) is 1.53. The van der Waals surface area contributed by atoms with Crippen LogP contribution in [0.4, 0.5) is 0 Å². The molecule has 0 aliphatic heterocycles. The molecule has 0 unspecified atom stereocenters. The molecular formula is C24H27N7. The lowest BCUT2D eigenvalue weighted by molar-refractivity contribution is 0.544. The van der Waals surface area contributed by atoms with Crippen LogP contribution >= 0.6 is 0 Å². The van der Waals surface area contributed by atoms with Gasteiger partial charge in [0.25, 0.3) is 0 Å². The number of hydrogen-bond acceptors (Lipinski definition) is 5. The number of pyridine rings is 1. The summed E-state index contributed by atoms with van der Waals surface area (Å²) in [6.45, 7) is 9.16. The van der Waals surface area contributed by atoms with Gasteiger partial charge in [0, 0.05) is 47.9 Å². The van der Waals surface area contributed by atoms with Crippen LogP contribution in [-0.2, 0) is 13.0 Å². The summed E-state index contributed by atoms with van der Waals surface area (Å²) >= 11 is 0. The van der Waals surface area contributed by atoms with Gasteiger partial charge in [-0.05, 0) is 70.2 Å². The van der Waals surface area contributed by atoms with E-state index in [1.807, 2.05) is 43.8 Å². The van der Waals surface area contributed by atoms with Gasteiger partial charge in [0.15, 0.2) is 5.82 Å². The van der Waals surface area contributed by atoms with E-state index in [1.54, 1.807) is 6.33 Å². The van der Waals surface area contributed by atoms with Gasteiger partial charge >= 0.3 is 0 Å². The van der Waals surface area contributed by atoms with Gasteiger partial charge in [0.1, 0.15) is 6.33 Å². The van der Waals surface area contributed by atoms with Gasteiger partial charge in [-0.2, -0.15) is 10.2 Å². The molecule has 158 valence electrons.